The number of amides is 2. The number of hydrogen-bond donors (Lipinski definition) is 4. The van der Waals surface area contributed by atoms with E-state index in [9.17, 15) is 19.8 Å². The topological polar surface area (TPSA) is 130 Å². The Labute approximate surface area is 413 Å². The Hall–Kier alpha value is -5.13. The number of pyridine rings is 1. The fourth-order valence-electron chi connectivity index (χ4n) is 8.64. The quantitative estimate of drug-likeness (QED) is 0.118. The third-order valence-corrected chi connectivity index (χ3v) is 14.6. The van der Waals surface area contributed by atoms with E-state index in [1.54, 1.807) is 23.5 Å². The summed E-state index contributed by atoms with van der Waals surface area (Å²) in [4.78, 5) is 32.2. The average molecular weight is 958 g/mol. The molecule has 4 aromatic carbocycles. The van der Waals surface area contributed by atoms with Gasteiger partial charge in [-0.05, 0) is 101 Å². The van der Waals surface area contributed by atoms with Gasteiger partial charge in [0, 0.05) is 50.3 Å². The summed E-state index contributed by atoms with van der Waals surface area (Å²) in [5.41, 5.74) is 9.42. The van der Waals surface area contributed by atoms with Crippen molar-refractivity contribution in [3.05, 3.63) is 133 Å². The van der Waals surface area contributed by atoms with E-state index in [1.165, 1.54) is 0 Å². The lowest BCUT2D eigenvalue weighted by Gasteiger charge is -2.28. The van der Waals surface area contributed by atoms with Gasteiger partial charge in [-0.3, -0.25) is 9.59 Å². The van der Waals surface area contributed by atoms with Gasteiger partial charge in [0.15, 0.2) is 13.2 Å². The highest BCUT2D eigenvalue weighted by Gasteiger charge is 2.29. The molecule has 1 aliphatic carbocycles. The van der Waals surface area contributed by atoms with E-state index in [4.69, 9.17) is 14.5 Å². The molecule has 68 heavy (non-hydrogen) atoms. The molecule has 0 unspecified atom stereocenters. The molecule has 362 valence electrons. The highest BCUT2D eigenvalue weighted by Crippen LogP contribution is 2.44. The first-order valence-electron chi connectivity index (χ1n) is 23.9. The molecule has 4 N–H and O–H groups in total. The van der Waals surface area contributed by atoms with Gasteiger partial charge in [-0.1, -0.05) is 138 Å². The molecule has 11 heteroatoms. The number of carbonyl (C=O) groups excluding carboxylic acids is 2. The molecule has 0 radical (unpaired) electrons. The molecular formula is C57H71N3O6S2. The van der Waals surface area contributed by atoms with Crippen molar-refractivity contribution in [2.45, 2.75) is 140 Å². The van der Waals surface area contributed by atoms with Crippen LogP contribution in [0, 0.1) is 0 Å². The van der Waals surface area contributed by atoms with Crippen LogP contribution < -0.4 is 20.1 Å². The number of benzene rings is 4. The number of carbonyl (C=O) groups is 2. The largest absolute Gasteiger partial charge is 0.507 e. The average Bonchev–Trinajstić information content (AvgIpc) is 3.23. The van der Waals surface area contributed by atoms with Gasteiger partial charge < -0.3 is 30.3 Å². The lowest BCUT2D eigenvalue weighted by molar-refractivity contribution is -0.123. The molecule has 0 spiro atoms. The molecule has 2 aliphatic heterocycles. The molecule has 0 saturated heterocycles. The van der Waals surface area contributed by atoms with E-state index in [0.29, 0.717) is 61.8 Å². The molecule has 3 heterocycles. The summed E-state index contributed by atoms with van der Waals surface area (Å²) in [5, 5.41) is 33.0. The first-order chi connectivity index (χ1) is 31.8. The maximum atomic E-state index is 13.7. The molecule has 0 fully saturated rings. The second kappa shape index (κ2) is 20.1. The van der Waals surface area contributed by atoms with Crippen LogP contribution in [0.4, 0.5) is 0 Å². The summed E-state index contributed by atoms with van der Waals surface area (Å²) >= 11 is 3.12. The summed E-state index contributed by atoms with van der Waals surface area (Å²) in [6, 6.07) is 22.9. The number of phenolic OH excluding ortho intramolecular Hbond substituents is 2. The lowest BCUT2D eigenvalue weighted by Crippen LogP contribution is -2.31. The van der Waals surface area contributed by atoms with Gasteiger partial charge in [-0.2, -0.15) is 0 Å². The van der Waals surface area contributed by atoms with Gasteiger partial charge in [-0.25, -0.2) is 4.98 Å². The lowest BCUT2D eigenvalue weighted by atomic mass is 9.79. The fraction of sp³-hybridized carbons (Fsp3) is 0.456. The van der Waals surface area contributed by atoms with Gasteiger partial charge in [0.05, 0.1) is 10.1 Å². The predicted octanol–water partition coefficient (Wildman–Crippen LogP) is 11.2. The molecule has 0 atom stereocenters. The number of fused-ring (bicyclic) bond motifs is 12. The number of nitrogens with one attached hydrogen (secondary N) is 2. The normalized spacial score (nSPS) is 15.9. The number of aromatic hydroxyl groups is 2. The molecule has 8 rings (SSSR count). The van der Waals surface area contributed by atoms with Crippen LogP contribution in [0.2, 0.25) is 0 Å². The van der Waals surface area contributed by atoms with Gasteiger partial charge in [0.1, 0.15) is 23.0 Å². The summed E-state index contributed by atoms with van der Waals surface area (Å²) in [6.07, 6.45) is 1.25. The zero-order valence-corrected chi connectivity index (χ0v) is 43.8. The van der Waals surface area contributed by atoms with Gasteiger partial charge in [-0.15, -0.1) is 23.5 Å². The summed E-state index contributed by atoms with van der Waals surface area (Å²) in [7, 11) is 0. The number of hydrogen-bond acceptors (Lipinski definition) is 9. The minimum absolute atomic E-state index is 0.177. The Kier molecular flexibility index (Phi) is 15.0. The number of ether oxygens (including phenoxy) is 2. The van der Waals surface area contributed by atoms with Crippen LogP contribution in [-0.4, -0.2) is 64.8 Å². The maximum Gasteiger partial charge on any atom is 0.257 e. The highest BCUT2D eigenvalue weighted by atomic mass is 32.2. The predicted molar refractivity (Wildman–Crippen MR) is 278 cm³/mol. The van der Waals surface area contributed by atoms with Crippen molar-refractivity contribution < 1.29 is 29.3 Å². The first-order valence-corrected chi connectivity index (χ1v) is 25.9. The van der Waals surface area contributed by atoms with Gasteiger partial charge in [0.25, 0.3) is 11.8 Å². The Bertz CT molecular complexity index is 2420. The van der Waals surface area contributed by atoms with E-state index >= 15 is 0 Å². The molecule has 5 aromatic rings. The first kappa shape index (κ1) is 50.7. The molecule has 9 nitrogen and oxygen atoms in total. The molecule has 3 aliphatic rings. The van der Waals surface area contributed by atoms with Crippen molar-refractivity contribution in [2.24, 2.45) is 0 Å². The van der Waals surface area contributed by atoms with Gasteiger partial charge in [0.2, 0.25) is 0 Å². The van der Waals surface area contributed by atoms with E-state index in [-0.39, 0.29) is 58.2 Å². The highest BCUT2D eigenvalue weighted by molar-refractivity contribution is 7.99. The number of rotatable bonds is 0. The maximum absolute atomic E-state index is 13.7. The summed E-state index contributed by atoms with van der Waals surface area (Å²) in [6.45, 7) is 26.5. The Morgan fingerprint density at radius 2 is 0.750 bits per heavy atom. The molecule has 0 saturated carbocycles. The second-order valence-electron chi connectivity index (χ2n) is 22.5. The minimum atomic E-state index is -0.274. The van der Waals surface area contributed by atoms with Crippen LogP contribution in [0.25, 0.3) is 0 Å². The van der Waals surface area contributed by atoms with E-state index in [0.717, 1.165) is 76.8 Å². The summed E-state index contributed by atoms with van der Waals surface area (Å²) in [5.74, 6) is 2.20. The molecule has 1 aromatic heterocycles. The summed E-state index contributed by atoms with van der Waals surface area (Å²) < 4.78 is 13.4. The monoisotopic (exact) mass is 957 g/mol. The van der Waals surface area contributed by atoms with Gasteiger partial charge >= 0.3 is 0 Å². The zero-order valence-electron chi connectivity index (χ0n) is 42.2. The number of aromatic nitrogens is 1. The third-order valence-electron chi connectivity index (χ3n) is 12.8. The van der Waals surface area contributed by atoms with E-state index in [2.05, 4.69) is 142 Å². The van der Waals surface area contributed by atoms with Crippen LogP contribution in [0.5, 0.6) is 23.0 Å². The van der Waals surface area contributed by atoms with Crippen molar-refractivity contribution in [1.29, 1.82) is 0 Å². The molecule has 2 amide bonds. The Morgan fingerprint density at radius 1 is 0.471 bits per heavy atom. The smallest absolute Gasteiger partial charge is 0.257 e. The van der Waals surface area contributed by atoms with E-state index in [1.807, 2.05) is 18.2 Å². The fourth-order valence-corrected chi connectivity index (χ4v) is 10.2. The number of phenols is 2. The zero-order chi connectivity index (χ0) is 49.3. The van der Waals surface area contributed by atoms with Crippen molar-refractivity contribution in [2.75, 3.05) is 37.8 Å². The third kappa shape index (κ3) is 12.4. The molecular weight excluding hydrogens is 887 g/mol. The van der Waals surface area contributed by atoms with Crippen LogP contribution in [0.1, 0.15) is 150 Å². The second-order valence-corrected chi connectivity index (χ2v) is 24.8. The van der Waals surface area contributed by atoms with Crippen molar-refractivity contribution >= 4 is 35.3 Å². The SMILES string of the molecule is CC(C)(C)c1cc2c(O)c(c1)Cc1cc(C(C)(C)C)cc3c1OCC(=O)NCCSc1cccc(n1)SCCNC(=O)COc1c(cc(C(C)(C)C)cc1Cc1cc(C(C)(C)C)cc(c1O)C3)C2. The minimum Gasteiger partial charge on any atom is -0.507 e. The Morgan fingerprint density at radius 3 is 1.03 bits per heavy atom. The van der Waals surface area contributed by atoms with E-state index < -0.39 is 0 Å². The van der Waals surface area contributed by atoms with Crippen molar-refractivity contribution in [1.82, 2.24) is 15.6 Å². The van der Waals surface area contributed by atoms with Crippen LogP contribution >= 0.6 is 23.5 Å². The number of nitrogens with zero attached hydrogens (tertiary/aromatic N) is 1. The van der Waals surface area contributed by atoms with Crippen molar-refractivity contribution in [3.63, 3.8) is 0 Å². The standard InChI is InChI=1S/C57H71N3O6S2/c1-54(2,3)42-24-34-20-38-28-44(56(7,8)9)30-40-22-36-26-43(55(4,5)6)27-37(51(36)64)23-41-31-45(57(10,11)12)29-39(21-35(25-42)50(34)63)53(41)66-33-47(62)59-17-19-68-49-15-13-14-48(60-49)67-18-16-58-46(61)32-65-52(38)40/h13-15,24-31,63-64H,16-23,32-33H2,1-12H3,(H,58,61)(H,59,62). The molecule has 12 bridgehead atoms. The van der Waals surface area contributed by atoms with Crippen LogP contribution in [0.3, 0.4) is 0 Å². The van der Waals surface area contributed by atoms with Crippen LogP contribution in [0.15, 0.2) is 76.8 Å². The number of thioether (sulfide) groups is 2. The van der Waals surface area contributed by atoms with Crippen molar-refractivity contribution in [3.8, 4) is 23.0 Å². The Balaban J connectivity index is 1.51. The van der Waals surface area contributed by atoms with Crippen LogP contribution in [-0.2, 0) is 56.9 Å².